The molecule has 144 valence electrons. The highest BCUT2D eigenvalue weighted by molar-refractivity contribution is 7.92. The lowest BCUT2D eigenvalue weighted by Gasteiger charge is -2.35. The molecule has 0 amide bonds. The molecule has 1 saturated heterocycles. The first-order chi connectivity index (χ1) is 12.4. The number of rotatable bonds is 7. The Balaban J connectivity index is 1.79. The number of hydrogen-bond acceptors (Lipinski definition) is 3. The topological polar surface area (TPSA) is 57.1 Å². The van der Waals surface area contributed by atoms with Crippen molar-refractivity contribution in [1.82, 2.24) is 14.5 Å². The van der Waals surface area contributed by atoms with Crippen molar-refractivity contribution >= 4 is 33.4 Å². The lowest BCUT2D eigenvalue weighted by atomic mass is 10.2. The summed E-state index contributed by atoms with van der Waals surface area (Å²) in [6.45, 7) is 4.07. The standard InChI is InChI=1S/C18H28N4O2S2/c1-20(2)11-6-10-19-18(25)21-12-14-22(15-13-21)26(23,24)16-9-17-7-4-3-5-8-17/h3-5,7-9,16H,6,10-15H2,1-2H3,(H,19,25)/p+1/b16-9+. The molecule has 1 fully saturated rings. The molecule has 1 heterocycles. The third-order valence-corrected chi connectivity index (χ3v) is 6.22. The number of hydrogen-bond donors (Lipinski definition) is 2. The van der Waals surface area contributed by atoms with Gasteiger partial charge in [-0.05, 0) is 23.9 Å². The molecule has 26 heavy (non-hydrogen) atoms. The fourth-order valence-corrected chi connectivity index (χ4v) is 4.17. The van der Waals surface area contributed by atoms with E-state index in [0.717, 1.165) is 30.2 Å². The van der Waals surface area contributed by atoms with Crippen LogP contribution >= 0.6 is 12.2 Å². The van der Waals surface area contributed by atoms with E-state index in [0.29, 0.717) is 26.2 Å². The van der Waals surface area contributed by atoms with E-state index in [-0.39, 0.29) is 0 Å². The first-order valence-electron chi connectivity index (χ1n) is 8.93. The molecule has 8 heteroatoms. The SMILES string of the molecule is C[NH+](C)CCCNC(=S)N1CCN(S(=O)(=O)/C=C/c2ccccc2)CC1. The van der Waals surface area contributed by atoms with Crippen molar-refractivity contribution in [3.63, 3.8) is 0 Å². The molecule has 6 nitrogen and oxygen atoms in total. The van der Waals surface area contributed by atoms with Gasteiger partial charge in [0.05, 0.1) is 20.6 Å². The fourth-order valence-electron chi connectivity index (χ4n) is 2.71. The molecule has 1 aliphatic rings. The van der Waals surface area contributed by atoms with Gasteiger partial charge in [0.15, 0.2) is 5.11 Å². The predicted molar refractivity (Wildman–Crippen MR) is 110 cm³/mol. The number of quaternary nitrogens is 1. The van der Waals surface area contributed by atoms with Gasteiger partial charge in [0.2, 0.25) is 10.0 Å². The number of nitrogens with one attached hydrogen (secondary N) is 2. The van der Waals surface area contributed by atoms with E-state index in [2.05, 4.69) is 19.4 Å². The van der Waals surface area contributed by atoms with Crippen molar-refractivity contribution in [2.45, 2.75) is 6.42 Å². The number of piperazine rings is 1. The lowest BCUT2D eigenvalue weighted by molar-refractivity contribution is -0.858. The summed E-state index contributed by atoms with van der Waals surface area (Å²) in [5, 5.41) is 5.28. The highest BCUT2D eigenvalue weighted by Crippen LogP contribution is 2.11. The van der Waals surface area contributed by atoms with E-state index in [1.165, 1.54) is 14.6 Å². The zero-order valence-corrected chi connectivity index (χ0v) is 17.2. The van der Waals surface area contributed by atoms with Crippen LogP contribution in [0.25, 0.3) is 6.08 Å². The monoisotopic (exact) mass is 397 g/mol. The van der Waals surface area contributed by atoms with E-state index in [1.54, 1.807) is 6.08 Å². The van der Waals surface area contributed by atoms with Crippen LogP contribution in [0.15, 0.2) is 35.7 Å². The largest absolute Gasteiger partial charge is 0.362 e. The van der Waals surface area contributed by atoms with Gasteiger partial charge in [0.25, 0.3) is 0 Å². The number of thiocarbonyl (C=S) groups is 1. The van der Waals surface area contributed by atoms with Gasteiger partial charge in [-0.2, -0.15) is 4.31 Å². The third kappa shape index (κ3) is 6.68. The van der Waals surface area contributed by atoms with Crippen LogP contribution in [-0.2, 0) is 10.0 Å². The summed E-state index contributed by atoms with van der Waals surface area (Å²) in [5.74, 6) is 0. The van der Waals surface area contributed by atoms with Gasteiger partial charge in [0, 0.05) is 44.6 Å². The molecule has 1 aromatic rings. The van der Waals surface area contributed by atoms with Crippen LogP contribution in [0.3, 0.4) is 0 Å². The maximum Gasteiger partial charge on any atom is 0.236 e. The van der Waals surface area contributed by atoms with Crippen LogP contribution < -0.4 is 10.2 Å². The second-order valence-corrected chi connectivity index (χ2v) is 8.89. The van der Waals surface area contributed by atoms with E-state index in [9.17, 15) is 8.42 Å². The summed E-state index contributed by atoms with van der Waals surface area (Å²) in [6, 6.07) is 9.44. The van der Waals surface area contributed by atoms with Gasteiger partial charge in [-0.25, -0.2) is 8.42 Å². The van der Waals surface area contributed by atoms with Crippen molar-refractivity contribution < 1.29 is 13.3 Å². The van der Waals surface area contributed by atoms with Gasteiger partial charge in [-0.15, -0.1) is 0 Å². The molecule has 0 bridgehead atoms. The normalized spacial score (nSPS) is 16.3. The van der Waals surface area contributed by atoms with Gasteiger partial charge in [-0.3, -0.25) is 0 Å². The molecule has 0 atom stereocenters. The predicted octanol–water partition coefficient (Wildman–Crippen LogP) is 0.0138. The Labute approximate surface area is 162 Å². The third-order valence-electron chi connectivity index (χ3n) is 4.25. The Morgan fingerprint density at radius 2 is 1.85 bits per heavy atom. The van der Waals surface area contributed by atoms with E-state index >= 15 is 0 Å². The molecule has 0 saturated carbocycles. The number of sulfonamides is 1. The van der Waals surface area contributed by atoms with Crippen LogP contribution in [-0.4, -0.2) is 76.1 Å². The molecular formula is C18H29N4O2S2+. The summed E-state index contributed by atoms with van der Waals surface area (Å²) < 4.78 is 26.5. The van der Waals surface area contributed by atoms with Gasteiger partial charge < -0.3 is 15.1 Å². The maximum absolute atomic E-state index is 12.5. The Kier molecular flexibility index (Phi) is 8.02. The lowest BCUT2D eigenvalue weighted by Crippen LogP contribution is -3.05. The molecule has 2 rings (SSSR count). The summed E-state index contributed by atoms with van der Waals surface area (Å²) in [4.78, 5) is 3.46. The summed E-state index contributed by atoms with van der Waals surface area (Å²) in [7, 11) is 0.857. The first-order valence-corrected chi connectivity index (χ1v) is 10.8. The second-order valence-electron chi connectivity index (χ2n) is 6.69. The van der Waals surface area contributed by atoms with Crippen LogP contribution in [0.2, 0.25) is 0 Å². The fraction of sp³-hybridized carbons (Fsp3) is 0.500. The Morgan fingerprint density at radius 3 is 2.46 bits per heavy atom. The number of nitrogens with zero attached hydrogens (tertiary/aromatic N) is 2. The van der Waals surface area contributed by atoms with Crippen molar-refractivity contribution in [2.75, 3.05) is 53.4 Å². The van der Waals surface area contributed by atoms with Gasteiger partial charge in [0.1, 0.15) is 0 Å². The summed E-state index contributed by atoms with van der Waals surface area (Å²) in [6.07, 6.45) is 2.70. The highest BCUT2D eigenvalue weighted by atomic mass is 32.2. The van der Waals surface area contributed by atoms with Crippen LogP contribution in [0.4, 0.5) is 0 Å². The smallest absolute Gasteiger partial charge is 0.236 e. The minimum absolute atomic E-state index is 0.450. The number of benzene rings is 1. The first kappa shape index (κ1) is 20.8. The molecule has 0 aromatic heterocycles. The van der Waals surface area contributed by atoms with E-state index in [4.69, 9.17) is 12.2 Å². The Hall–Kier alpha value is -1.48. The second kappa shape index (κ2) is 10.0. The molecule has 0 aliphatic carbocycles. The summed E-state index contributed by atoms with van der Waals surface area (Å²) >= 11 is 5.43. The average molecular weight is 398 g/mol. The average Bonchev–Trinajstić information content (AvgIpc) is 2.64. The van der Waals surface area contributed by atoms with Crippen LogP contribution in [0, 0.1) is 0 Å². The molecule has 1 aromatic carbocycles. The minimum atomic E-state index is -3.40. The van der Waals surface area contributed by atoms with Crippen LogP contribution in [0.5, 0.6) is 0 Å². The molecular weight excluding hydrogens is 368 g/mol. The molecule has 2 N–H and O–H groups in total. The molecule has 0 radical (unpaired) electrons. The van der Waals surface area contributed by atoms with Crippen molar-refractivity contribution in [3.05, 3.63) is 41.3 Å². The van der Waals surface area contributed by atoms with Gasteiger partial charge in [-0.1, -0.05) is 30.3 Å². The Bertz CT molecular complexity index is 697. The molecule has 0 spiro atoms. The van der Waals surface area contributed by atoms with Crippen molar-refractivity contribution in [2.24, 2.45) is 0 Å². The molecule has 1 aliphatic heterocycles. The van der Waals surface area contributed by atoms with E-state index < -0.39 is 10.0 Å². The summed E-state index contributed by atoms with van der Waals surface area (Å²) in [5.41, 5.74) is 0.875. The highest BCUT2D eigenvalue weighted by Gasteiger charge is 2.25. The maximum atomic E-state index is 12.5. The molecule has 0 unspecified atom stereocenters. The minimum Gasteiger partial charge on any atom is -0.362 e. The zero-order valence-electron chi connectivity index (χ0n) is 15.5. The Morgan fingerprint density at radius 1 is 1.19 bits per heavy atom. The quantitative estimate of drug-likeness (QED) is 0.502. The zero-order chi connectivity index (χ0) is 19.0. The van der Waals surface area contributed by atoms with Crippen LogP contribution in [0.1, 0.15) is 12.0 Å². The van der Waals surface area contributed by atoms with Crippen molar-refractivity contribution in [3.8, 4) is 0 Å². The van der Waals surface area contributed by atoms with E-state index in [1.807, 2.05) is 35.2 Å². The van der Waals surface area contributed by atoms with Gasteiger partial charge >= 0.3 is 0 Å². The van der Waals surface area contributed by atoms with Crippen molar-refractivity contribution in [1.29, 1.82) is 0 Å².